The van der Waals surface area contributed by atoms with Gasteiger partial charge >= 0.3 is 0 Å². The Labute approximate surface area is 79.7 Å². The summed E-state index contributed by atoms with van der Waals surface area (Å²) >= 11 is 0. The highest BCUT2D eigenvalue weighted by atomic mass is 32.2. The number of hydrogen-bond donors (Lipinski definition) is 1. The van der Waals surface area contributed by atoms with Gasteiger partial charge in [-0.1, -0.05) is 6.92 Å². The van der Waals surface area contributed by atoms with Crippen molar-refractivity contribution in [2.45, 2.75) is 30.9 Å². The van der Waals surface area contributed by atoms with Crippen LogP contribution in [0.1, 0.15) is 26.2 Å². The molecule has 0 unspecified atom stereocenters. The molecule has 0 radical (unpaired) electrons. The van der Waals surface area contributed by atoms with Crippen molar-refractivity contribution in [3.05, 3.63) is 0 Å². The summed E-state index contributed by atoms with van der Waals surface area (Å²) in [5.74, 6) is 0. The van der Waals surface area contributed by atoms with Gasteiger partial charge in [-0.2, -0.15) is 0 Å². The van der Waals surface area contributed by atoms with E-state index in [4.69, 9.17) is 4.74 Å². The molecular formula is C8H17NO3S. The molecular weight excluding hydrogens is 190 g/mol. The summed E-state index contributed by atoms with van der Waals surface area (Å²) in [4.78, 5) is 0. The fraction of sp³-hybridized carbons (Fsp3) is 1.00. The fourth-order valence-corrected chi connectivity index (χ4v) is 3.10. The molecule has 0 bridgehead atoms. The second-order valence-corrected chi connectivity index (χ2v) is 5.59. The summed E-state index contributed by atoms with van der Waals surface area (Å²) in [5.41, 5.74) is 0. The van der Waals surface area contributed by atoms with Gasteiger partial charge in [0.25, 0.3) is 0 Å². The van der Waals surface area contributed by atoms with Gasteiger partial charge in [-0.3, -0.25) is 0 Å². The summed E-state index contributed by atoms with van der Waals surface area (Å²) in [6, 6.07) is 0. The summed E-state index contributed by atoms with van der Waals surface area (Å²) in [6.45, 7) is 2.78. The van der Waals surface area contributed by atoms with Crippen molar-refractivity contribution >= 4 is 10.0 Å². The summed E-state index contributed by atoms with van der Waals surface area (Å²) < 4.78 is 30.2. The zero-order valence-electron chi connectivity index (χ0n) is 8.17. The zero-order valence-corrected chi connectivity index (χ0v) is 8.99. The van der Waals surface area contributed by atoms with Crippen molar-refractivity contribution in [1.29, 1.82) is 0 Å². The summed E-state index contributed by atoms with van der Waals surface area (Å²) in [5, 5.41) is 0. The van der Waals surface area contributed by atoms with Crippen LogP contribution in [0.2, 0.25) is 0 Å². The van der Waals surface area contributed by atoms with E-state index < -0.39 is 14.8 Å². The lowest BCUT2D eigenvalue weighted by Crippen LogP contribution is -2.36. The molecule has 0 aromatic heterocycles. The van der Waals surface area contributed by atoms with Crippen molar-refractivity contribution in [1.82, 2.24) is 4.72 Å². The van der Waals surface area contributed by atoms with Crippen LogP contribution >= 0.6 is 0 Å². The Morgan fingerprint density at radius 2 is 2.08 bits per heavy atom. The first-order chi connectivity index (χ1) is 6.08. The van der Waals surface area contributed by atoms with Crippen molar-refractivity contribution in [2.24, 2.45) is 0 Å². The van der Waals surface area contributed by atoms with Crippen LogP contribution in [-0.2, 0) is 14.8 Å². The van der Waals surface area contributed by atoms with Gasteiger partial charge in [0.05, 0.1) is 4.75 Å². The topological polar surface area (TPSA) is 55.4 Å². The minimum atomic E-state index is -3.10. The molecule has 1 rings (SSSR count). The Kier molecular flexibility index (Phi) is 3.32. The molecule has 0 aromatic carbocycles. The highest BCUT2D eigenvalue weighted by Crippen LogP contribution is 2.45. The van der Waals surface area contributed by atoms with Gasteiger partial charge in [0.2, 0.25) is 10.0 Å². The van der Waals surface area contributed by atoms with Crippen molar-refractivity contribution in [3.63, 3.8) is 0 Å². The van der Waals surface area contributed by atoms with Crippen LogP contribution in [-0.4, -0.2) is 33.4 Å². The Hall–Kier alpha value is -0.130. The Bertz CT molecular complexity index is 257. The first-order valence-electron chi connectivity index (χ1n) is 4.56. The first-order valence-corrected chi connectivity index (χ1v) is 6.04. The Morgan fingerprint density at radius 1 is 1.46 bits per heavy atom. The van der Waals surface area contributed by atoms with Crippen LogP contribution in [0.25, 0.3) is 0 Å². The molecule has 1 aliphatic carbocycles. The van der Waals surface area contributed by atoms with Crippen molar-refractivity contribution in [3.8, 4) is 0 Å². The average molecular weight is 207 g/mol. The van der Waals surface area contributed by atoms with Crippen LogP contribution in [0.15, 0.2) is 0 Å². The van der Waals surface area contributed by atoms with Gasteiger partial charge in [-0.25, -0.2) is 13.1 Å². The first kappa shape index (κ1) is 10.9. The van der Waals surface area contributed by atoms with E-state index in [9.17, 15) is 8.42 Å². The van der Waals surface area contributed by atoms with Crippen LogP contribution in [0, 0.1) is 0 Å². The second kappa shape index (κ2) is 3.94. The van der Waals surface area contributed by atoms with E-state index in [-0.39, 0.29) is 0 Å². The molecule has 1 aliphatic rings. The summed E-state index contributed by atoms with van der Waals surface area (Å²) in [6.07, 6.45) is 2.15. The van der Waals surface area contributed by atoms with Crippen molar-refractivity contribution in [2.75, 3.05) is 20.3 Å². The fourth-order valence-electron chi connectivity index (χ4n) is 1.42. The maximum Gasteiger partial charge on any atom is 0.217 e. The third-order valence-corrected chi connectivity index (χ3v) is 4.90. The molecule has 1 fully saturated rings. The van der Waals surface area contributed by atoms with Crippen molar-refractivity contribution < 1.29 is 13.2 Å². The molecule has 13 heavy (non-hydrogen) atoms. The lowest BCUT2D eigenvalue weighted by Gasteiger charge is -2.15. The number of sulfonamides is 1. The molecule has 0 saturated heterocycles. The Morgan fingerprint density at radius 3 is 2.46 bits per heavy atom. The SMILES string of the molecule is CCNS(=O)(=O)C1(CCOC)CC1. The molecule has 1 saturated carbocycles. The molecule has 5 heteroatoms. The lowest BCUT2D eigenvalue weighted by atomic mass is 10.3. The highest BCUT2D eigenvalue weighted by Gasteiger charge is 2.53. The quantitative estimate of drug-likeness (QED) is 0.690. The lowest BCUT2D eigenvalue weighted by molar-refractivity contribution is 0.191. The molecule has 1 N–H and O–H groups in total. The smallest absolute Gasteiger partial charge is 0.217 e. The normalized spacial score (nSPS) is 20.2. The molecule has 0 spiro atoms. The van der Waals surface area contributed by atoms with Gasteiger partial charge in [-0.15, -0.1) is 0 Å². The summed E-state index contributed by atoms with van der Waals surface area (Å²) in [7, 11) is -1.51. The number of hydrogen-bond acceptors (Lipinski definition) is 3. The van der Waals surface area contributed by atoms with E-state index in [0.29, 0.717) is 19.6 Å². The van der Waals surface area contributed by atoms with Crippen LogP contribution in [0.3, 0.4) is 0 Å². The second-order valence-electron chi connectivity index (χ2n) is 3.43. The predicted molar refractivity (Wildman–Crippen MR) is 51.1 cm³/mol. The van der Waals surface area contributed by atoms with Gasteiger partial charge in [0.1, 0.15) is 0 Å². The maximum atomic E-state index is 11.7. The van der Waals surface area contributed by atoms with Crippen LogP contribution in [0.4, 0.5) is 0 Å². The van der Waals surface area contributed by atoms with E-state index in [1.54, 1.807) is 14.0 Å². The number of methoxy groups -OCH3 is 1. The average Bonchev–Trinajstić information content (AvgIpc) is 2.81. The monoisotopic (exact) mass is 207 g/mol. The largest absolute Gasteiger partial charge is 0.385 e. The van der Waals surface area contributed by atoms with E-state index in [2.05, 4.69) is 4.72 Å². The minimum Gasteiger partial charge on any atom is -0.385 e. The van der Waals surface area contributed by atoms with Crippen LogP contribution < -0.4 is 4.72 Å². The molecule has 4 nitrogen and oxygen atoms in total. The van der Waals surface area contributed by atoms with Gasteiger partial charge in [0, 0.05) is 20.3 Å². The number of ether oxygens (including phenoxy) is 1. The third-order valence-electron chi connectivity index (χ3n) is 2.47. The maximum absolute atomic E-state index is 11.7. The number of nitrogens with one attached hydrogen (secondary N) is 1. The van der Waals surface area contributed by atoms with E-state index >= 15 is 0 Å². The molecule has 0 aliphatic heterocycles. The van der Waals surface area contributed by atoms with Crippen LogP contribution in [0.5, 0.6) is 0 Å². The van der Waals surface area contributed by atoms with E-state index in [0.717, 1.165) is 12.8 Å². The van der Waals surface area contributed by atoms with Gasteiger partial charge in [0.15, 0.2) is 0 Å². The van der Waals surface area contributed by atoms with E-state index in [1.807, 2.05) is 0 Å². The van der Waals surface area contributed by atoms with Gasteiger partial charge < -0.3 is 4.74 Å². The Balaban J connectivity index is 2.59. The van der Waals surface area contributed by atoms with Gasteiger partial charge in [-0.05, 0) is 19.3 Å². The molecule has 0 heterocycles. The standard InChI is InChI=1S/C8H17NO3S/c1-3-9-13(10,11)8(4-5-8)6-7-12-2/h9H,3-7H2,1-2H3. The minimum absolute atomic E-state index is 0.469. The molecule has 0 aromatic rings. The molecule has 0 atom stereocenters. The zero-order chi connectivity index (χ0) is 9.95. The van der Waals surface area contributed by atoms with E-state index in [1.165, 1.54) is 0 Å². The third kappa shape index (κ3) is 2.21. The molecule has 78 valence electrons. The molecule has 0 amide bonds. The highest BCUT2D eigenvalue weighted by molar-refractivity contribution is 7.91. The predicted octanol–water partition coefficient (Wildman–Crippen LogP) is 0.495. The number of rotatable bonds is 6.